The molecule has 0 saturated carbocycles. The number of likely N-dealkylation sites (N-methyl/N-ethyl adjacent to an activating group) is 1. The van der Waals surface area contributed by atoms with Crippen LogP contribution in [0.2, 0.25) is 0 Å². The van der Waals surface area contributed by atoms with E-state index in [4.69, 9.17) is 0 Å². The maximum atomic E-state index is 14.0. The molecule has 3 rings (SSSR count). The zero-order chi connectivity index (χ0) is 14.8. The highest BCUT2D eigenvalue weighted by atomic mass is 79.9. The lowest BCUT2D eigenvalue weighted by molar-refractivity contribution is 0.534. The van der Waals surface area contributed by atoms with E-state index in [-0.39, 0.29) is 11.9 Å². The van der Waals surface area contributed by atoms with Crippen LogP contribution in [0.5, 0.6) is 0 Å². The van der Waals surface area contributed by atoms with Gasteiger partial charge in [-0.25, -0.2) is 4.39 Å². The molecule has 1 nitrogen and oxygen atoms in total. The summed E-state index contributed by atoms with van der Waals surface area (Å²) >= 11 is 6.97. The first-order valence-corrected chi connectivity index (χ1v) is 9.30. The van der Waals surface area contributed by atoms with Gasteiger partial charge in [0.1, 0.15) is 5.82 Å². The number of nitrogens with one attached hydrogen (secondary N) is 1. The molecule has 0 saturated heterocycles. The van der Waals surface area contributed by atoms with Gasteiger partial charge in [-0.15, -0.1) is 22.7 Å². The fourth-order valence-electron chi connectivity index (χ4n) is 2.40. The molecule has 21 heavy (non-hydrogen) atoms. The molecule has 0 aliphatic rings. The van der Waals surface area contributed by atoms with Crippen molar-refractivity contribution in [1.82, 2.24) is 5.32 Å². The summed E-state index contributed by atoms with van der Waals surface area (Å²) in [5.41, 5.74) is 0.743. The van der Waals surface area contributed by atoms with Gasteiger partial charge in [-0.05, 0) is 54.2 Å². The monoisotopic (exact) mass is 383 g/mol. The Balaban J connectivity index is 1.90. The molecule has 0 amide bonds. The van der Waals surface area contributed by atoms with E-state index in [9.17, 15) is 4.39 Å². The van der Waals surface area contributed by atoms with Gasteiger partial charge in [-0.2, -0.15) is 0 Å². The van der Waals surface area contributed by atoms with Crippen LogP contribution in [-0.4, -0.2) is 6.54 Å². The van der Waals surface area contributed by atoms with Gasteiger partial charge in [0.05, 0.1) is 0 Å². The van der Waals surface area contributed by atoms with Gasteiger partial charge >= 0.3 is 0 Å². The first kappa shape index (κ1) is 15.2. The second-order valence-electron chi connectivity index (χ2n) is 4.85. The van der Waals surface area contributed by atoms with Crippen molar-refractivity contribution in [2.75, 3.05) is 6.54 Å². The van der Waals surface area contributed by atoms with Crippen molar-refractivity contribution in [3.8, 4) is 0 Å². The van der Waals surface area contributed by atoms with E-state index in [1.165, 1.54) is 20.3 Å². The molecule has 0 aliphatic carbocycles. The molecule has 1 aromatic carbocycles. The minimum absolute atomic E-state index is 0.139. The third kappa shape index (κ3) is 3.37. The highest BCUT2D eigenvalue weighted by molar-refractivity contribution is 9.10. The van der Waals surface area contributed by atoms with Crippen molar-refractivity contribution in [2.24, 2.45) is 0 Å². The zero-order valence-electron chi connectivity index (χ0n) is 11.5. The molecule has 0 fully saturated rings. The Morgan fingerprint density at radius 3 is 2.86 bits per heavy atom. The highest BCUT2D eigenvalue weighted by Crippen LogP contribution is 2.35. The third-order valence-electron chi connectivity index (χ3n) is 3.38. The van der Waals surface area contributed by atoms with Gasteiger partial charge < -0.3 is 5.32 Å². The molecule has 3 aromatic rings. The van der Waals surface area contributed by atoms with Crippen LogP contribution in [0.15, 0.2) is 40.2 Å². The Morgan fingerprint density at radius 1 is 1.24 bits per heavy atom. The molecule has 5 heteroatoms. The molecule has 0 aliphatic heterocycles. The van der Waals surface area contributed by atoms with E-state index >= 15 is 0 Å². The SMILES string of the molecule is CCNC(Cc1cc(Br)ccc1F)c1cc2sccc2s1. The lowest BCUT2D eigenvalue weighted by Gasteiger charge is -2.17. The summed E-state index contributed by atoms with van der Waals surface area (Å²) in [6.45, 7) is 2.95. The Labute approximate surface area is 139 Å². The number of fused-ring (bicyclic) bond motifs is 1. The second kappa shape index (κ2) is 6.57. The third-order valence-corrected chi connectivity index (χ3v) is 6.08. The summed E-state index contributed by atoms with van der Waals surface area (Å²) in [5, 5.41) is 5.59. The molecule has 0 spiro atoms. The van der Waals surface area contributed by atoms with E-state index in [1.54, 1.807) is 28.7 Å². The lowest BCUT2D eigenvalue weighted by Crippen LogP contribution is -2.22. The normalized spacial score (nSPS) is 12.9. The first-order chi connectivity index (χ1) is 10.2. The standard InChI is InChI=1S/C16H15BrFNS2/c1-2-19-13(8-10-7-11(17)3-4-12(10)18)15-9-16-14(21-15)5-6-20-16/h3-7,9,13,19H,2,8H2,1H3. The molecule has 0 radical (unpaired) electrons. The van der Waals surface area contributed by atoms with Crippen molar-refractivity contribution < 1.29 is 4.39 Å². The molecule has 1 unspecified atom stereocenters. The maximum absolute atomic E-state index is 14.0. The maximum Gasteiger partial charge on any atom is 0.126 e. The topological polar surface area (TPSA) is 12.0 Å². The van der Waals surface area contributed by atoms with Gasteiger partial charge in [0.25, 0.3) is 0 Å². The average Bonchev–Trinajstić information content (AvgIpc) is 3.03. The largest absolute Gasteiger partial charge is 0.309 e. The van der Waals surface area contributed by atoms with Crippen molar-refractivity contribution in [2.45, 2.75) is 19.4 Å². The Bertz CT molecular complexity index is 721. The van der Waals surface area contributed by atoms with Crippen molar-refractivity contribution in [1.29, 1.82) is 0 Å². The molecule has 110 valence electrons. The Kier molecular flexibility index (Phi) is 4.74. The number of benzene rings is 1. The number of halogens is 2. The van der Waals surface area contributed by atoms with Crippen LogP contribution in [0.25, 0.3) is 9.40 Å². The van der Waals surface area contributed by atoms with Crippen LogP contribution in [0.4, 0.5) is 4.39 Å². The first-order valence-electron chi connectivity index (χ1n) is 6.81. The van der Waals surface area contributed by atoms with Crippen molar-refractivity contribution in [3.05, 3.63) is 56.4 Å². The van der Waals surface area contributed by atoms with Crippen LogP contribution < -0.4 is 5.32 Å². The molecule has 1 atom stereocenters. The summed E-state index contributed by atoms with van der Waals surface area (Å²) < 4.78 is 17.5. The number of rotatable bonds is 5. The van der Waals surface area contributed by atoms with Crippen LogP contribution in [0.3, 0.4) is 0 Å². The summed E-state index contributed by atoms with van der Waals surface area (Å²) in [5.74, 6) is -0.139. The van der Waals surface area contributed by atoms with Crippen LogP contribution >= 0.6 is 38.6 Å². The van der Waals surface area contributed by atoms with Crippen LogP contribution in [0.1, 0.15) is 23.4 Å². The highest BCUT2D eigenvalue weighted by Gasteiger charge is 2.17. The van der Waals surface area contributed by atoms with Crippen molar-refractivity contribution in [3.63, 3.8) is 0 Å². The van der Waals surface area contributed by atoms with Crippen LogP contribution in [-0.2, 0) is 6.42 Å². The molecular weight excluding hydrogens is 369 g/mol. The summed E-state index contributed by atoms with van der Waals surface area (Å²) in [6, 6.07) is 9.67. The second-order valence-corrected chi connectivity index (χ2v) is 7.83. The van der Waals surface area contributed by atoms with Gasteiger partial charge in [-0.3, -0.25) is 0 Å². The smallest absolute Gasteiger partial charge is 0.126 e. The molecule has 2 heterocycles. The average molecular weight is 384 g/mol. The zero-order valence-corrected chi connectivity index (χ0v) is 14.7. The molecule has 2 aromatic heterocycles. The van der Waals surface area contributed by atoms with Crippen molar-refractivity contribution >= 4 is 48.0 Å². The Hall–Kier alpha value is -0.750. The predicted octanol–water partition coefficient (Wildman–Crippen LogP) is 5.76. The predicted molar refractivity (Wildman–Crippen MR) is 93.9 cm³/mol. The van der Waals surface area contributed by atoms with E-state index in [0.717, 1.165) is 16.6 Å². The number of hydrogen-bond acceptors (Lipinski definition) is 3. The van der Waals surface area contributed by atoms with E-state index in [1.807, 2.05) is 6.07 Å². The summed E-state index contributed by atoms with van der Waals surface area (Å²) in [7, 11) is 0. The number of thiophene rings is 2. The molecule has 0 bridgehead atoms. The summed E-state index contributed by atoms with van der Waals surface area (Å²) in [6.07, 6.45) is 0.660. The van der Waals surface area contributed by atoms with Crippen LogP contribution in [0, 0.1) is 5.82 Å². The fourth-order valence-corrected chi connectivity index (χ4v) is 5.00. The van der Waals surface area contributed by atoms with Gasteiger partial charge in [0, 0.05) is 24.8 Å². The van der Waals surface area contributed by atoms with Gasteiger partial charge in [0.2, 0.25) is 0 Å². The van der Waals surface area contributed by atoms with E-state index in [0.29, 0.717) is 6.42 Å². The minimum atomic E-state index is -0.139. The van der Waals surface area contributed by atoms with Gasteiger partial charge in [0.15, 0.2) is 0 Å². The quantitative estimate of drug-likeness (QED) is 0.590. The van der Waals surface area contributed by atoms with E-state index < -0.39 is 0 Å². The molecule has 1 N–H and O–H groups in total. The Morgan fingerprint density at radius 2 is 2.10 bits per heavy atom. The lowest BCUT2D eigenvalue weighted by atomic mass is 10.0. The number of hydrogen-bond donors (Lipinski definition) is 1. The summed E-state index contributed by atoms with van der Waals surface area (Å²) in [4.78, 5) is 1.28. The van der Waals surface area contributed by atoms with Gasteiger partial charge in [-0.1, -0.05) is 22.9 Å². The molecular formula is C16H15BrFNS2. The van der Waals surface area contributed by atoms with E-state index in [2.05, 4.69) is 45.7 Å². The minimum Gasteiger partial charge on any atom is -0.309 e. The fraction of sp³-hybridized carbons (Fsp3) is 0.250.